The van der Waals surface area contributed by atoms with Crippen molar-refractivity contribution >= 4 is 11.8 Å². The fraction of sp³-hybridized carbons (Fsp3) is 0.636. The Kier molecular flexibility index (Phi) is 4.41. The molecule has 0 atom stereocenters. The van der Waals surface area contributed by atoms with Crippen LogP contribution in [0, 0.1) is 5.92 Å². The molecule has 0 unspecified atom stereocenters. The largest absolute Gasteiger partial charge is 0.317 e. The van der Waals surface area contributed by atoms with Gasteiger partial charge in [0.2, 0.25) is 0 Å². The molecule has 1 N–H and O–H groups in total. The molecule has 2 rings (SSSR count). The summed E-state index contributed by atoms with van der Waals surface area (Å²) in [5.74, 6) is 2.05. The second kappa shape index (κ2) is 6.08. The Morgan fingerprint density at radius 1 is 1.27 bits per heavy atom. The number of nitrogens with zero attached hydrogens (tertiary/aromatic N) is 2. The molecule has 0 saturated carbocycles. The van der Waals surface area contributed by atoms with Crippen LogP contribution in [0.4, 0.5) is 0 Å². The standard InChI is InChI=1S/C11H17N3S/c1-5-13-11(14-6-1)15-9-4-10-2-7-12-8-3-10/h1,5-6,10,12H,2-4,7-9H2. The molecular weight excluding hydrogens is 206 g/mol. The molecule has 0 aliphatic carbocycles. The van der Waals surface area contributed by atoms with Crippen LogP contribution in [0.2, 0.25) is 0 Å². The normalized spacial score (nSPS) is 17.9. The van der Waals surface area contributed by atoms with Crippen LogP contribution in [0.5, 0.6) is 0 Å². The first kappa shape index (κ1) is 10.9. The monoisotopic (exact) mass is 223 g/mol. The zero-order valence-electron chi connectivity index (χ0n) is 8.85. The predicted molar refractivity (Wildman–Crippen MR) is 63.0 cm³/mol. The molecule has 0 radical (unpaired) electrons. The van der Waals surface area contributed by atoms with Gasteiger partial charge < -0.3 is 5.32 Å². The van der Waals surface area contributed by atoms with Gasteiger partial charge in [-0.2, -0.15) is 0 Å². The summed E-state index contributed by atoms with van der Waals surface area (Å²) in [7, 11) is 0. The second-order valence-electron chi connectivity index (χ2n) is 3.86. The Hall–Kier alpha value is -0.610. The average Bonchev–Trinajstić information content (AvgIpc) is 2.32. The van der Waals surface area contributed by atoms with E-state index in [4.69, 9.17) is 0 Å². The van der Waals surface area contributed by atoms with Gasteiger partial charge in [0.15, 0.2) is 5.16 Å². The van der Waals surface area contributed by atoms with Crippen molar-refractivity contribution in [2.45, 2.75) is 24.4 Å². The van der Waals surface area contributed by atoms with Gasteiger partial charge in [-0.25, -0.2) is 9.97 Å². The average molecular weight is 223 g/mol. The lowest BCUT2D eigenvalue weighted by Crippen LogP contribution is -2.27. The summed E-state index contributed by atoms with van der Waals surface area (Å²) in [6.07, 6.45) is 7.57. The Morgan fingerprint density at radius 3 is 2.73 bits per heavy atom. The van der Waals surface area contributed by atoms with Crippen LogP contribution >= 0.6 is 11.8 Å². The smallest absolute Gasteiger partial charge is 0.187 e. The Balaban J connectivity index is 1.66. The highest BCUT2D eigenvalue weighted by atomic mass is 32.2. The number of thioether (sulfide) groups is 1. The van der Waals surface area contributed by atoms with Gasteiger partial charge in [-0.1, -0.05) is 11.8 Å². The predicted octanol–water partition coefficient (Wildman–Crippen LogP) is 1.96. The molecule has 15 heavy (non-hydrogen) atoms. The van der Waals surface area contributed by atoms with Gasteiger partial charge in [-0.15, -0.1) is 0 Å². The molecule has 2 heterocycles. The molecule has 0 spiro atoms. The number of hydrogen-bond donors (Lipinski definition) is 1. The van der Waals surface area contributed by atoms with Gasteiger partial charge in [-0.3, -0.25) is 0 Å². The maximum Gasteiger partial charge on any atom is 0.187 e. The lowest BCUT2D eigenvalue weighted by Gasteiger charge is -2.21. The molecule has 1 aromatic rings. The summed E-state index contributed by atoms with van der Waals surface area (Å²) in [4.78, 5) is 8.40. The topological polar surface area (TPSA) is 37.8 Å². The third-order valence-electron chi connectivity index (χ3n) is 2.76. The fourth-order valence-electron chi connectivity index (χ4n) is 1.85. The highest BCUT2D eigenvalue weighted by Crippen LogP contribution is 2.21. The highest BCUT2D eigenvalue weighted by Gasteiger charge is 2.12. The molecule has 1 aromatic heterocycles. The van der Waals surface area contributed by atoms with Gasteiger partial charge in [0, 0.05) is 18.1 Å². The van der Waals surface area contributed by atoms with Crippen molar-refractivity contribution in [2.24, 2.45) is 5.92 Å². The molecule has 3 nitrogen and oxygen atoms in total. The molecule has 0 amide bonds. The zero-order valence-corrected chi connectivity index (χ0v) is 9.67. The zero-order chi connectivity index (χ0) is 10.3. The minimum Gasteiger partial charge on any atom is -0.317 e. The summed E-state index contributed by atoms with van der Waals surface area (Å²) in [5.41, 5.74) is 0. The quantitative estimate of drug-likeness (QED) is 0.625. The summed E-state index contributed by atoms with van der Waals surface area (Å²) < 4.78 is 0. The van der Waals surface area contributed by atoms with E-state index < -0.39 is 0 Å². The van der Waals surface area contributed by atoms with Crippen LogP contribution in [0.25, 0.3) is 0 Å². The Morgan fingerprint density at radius 2 is 2.00 bits per heavy atom. The maximum absolute atomic E-state index is 4.20. The lowest BCUT2D eigenvalue weighted by molar-refractivity contribution is 0.367. The SMILES string of the molecule is c1cnc(SCCC2CCNCC2)nc1. The maximum atomic E-state index is 4.20. The van der Waals surface area contributed by atoms with E-state index in [1.165, 1.54) is 32.4 Å². The van der Waals surface area contributed by atoms with Crippen LogP contribution in [-0.2, 0) is 0 Å². The van der Waals surface area contributed by atoms with Crippen molar-refractivity contribution in [1.82, 2.24) is 15.3 Å². The van der Waals surface area contributed by atoms with Gasteiger partial charge in [0.05, 0.1) is 0 Å². The van der Waals surface area contributed by atoms with E-state index >= 15 is 0 Å². The fourth-order valence-corrected chi connectivity index (χ4v) is 2.75. The number of nitrogens with one attached hydrogen (secondary N) is 1. The molecular formula is C11H17N3S. The minimum absolute atomic E-state index is 0.905. The van der Waals surface area contributed by atoms with Crippen LogP contribution < -0.4 is 5.32 Å². The molecule has 0 aromatic carbocycles. The Bertz CT molecular complexity index is 272. The van der Waals surface area contributed by atoms with E-state index in [0.29, 0.717) is 0 Å². The molecule has 1 aliphatic heterocycles. The third kappa shape index (κ3) is 3.80. The van der Waals surface area contributed by atoms with Crippen molar-refractivity contribution in [2.75, 3.05) is 18.8 Å². The number of piperidine rings is 1. The third-order valence-corrected chi connectivity index (χ3v) is 3.67. The van der Waals surface area contributed by atoms with E-state index in [1.54, 1.807) is 24.2 Å². The van der Waals surface area contributed by atoms with E-state index in [1.807, 2.05) is 6.07 Å². The van der Waals surface area contributed by atoms with Crippen molar-refractivity contribution in [3.8, 4) is 0 Å². The van der Waals surface area contributed by atoms with E-state index in [9.17, 15) is 0 Å². The van der Waals surface area contributed by atoms with Gasteiger partial charge in [0.25, 0.3) is 0 Å². The van der Waals surface area contributed by atoms with Crippen molar-refractivity contribution in [3.63, 3.8) is 0 Å². The van der Waals surface area contributed by atoms with Crippen LogP contribution in [0.15, 0.2) is 23.6 Å². The van der Waals surface area contributed by atoms with Gasteiger partial charge in [0.1, 0.15) is 0 Å². The summed E-state index contributed by atoms with van der Waals surface area (Å²) in [6.45, 7) is 2.38. The van der Waals surface area contributed by atoms with Crippen molar-refractivity contribution in [3.05, 3.63) is 18.5 Å². The Labute approximate surface area is 95.1 Å². The lowest BCUT2D eigenvalue weighted by atomic mass is 9.96. The molecule has 1 fully saturated rings. The number of aromatic nitrogens is 2. The van der Waals surface area contributed by atoms with E-state index in [0.717, 1.165) is 16.8 Å². The highest BCUT2D eigenvalue weighted by molar-refractivity contribution is 7.99. The molecule has 1 aliphatic rings. The summed E-state index contributed by atoms with van der Waals surface area (Å²) in [5, 5.41) is 4.30. The first-order valence-electron chi connectivity index (χ1n) is 5.55. The number of rotatable bonds is 4. The molecule has 0 bridgehead atoms. The minimum atomic E-state index is 0.905. The molecule has 82 valence electrons. The summed E-state index contributed by atoms with van der Waals surface area (Å²) >= 11 is 1.77. The van der Waals surface area contributed by atoms with Gasteiger partial charge >= 0.3 is 0 Å². The van der Waals surface area contributed by atoms with E-state index in [-0.39, 0.29) is 0 Å². The van der Waals surface area contributed by atoms with Crippen molar-refractivity contribution < 1.29 is 0 Å². The number of hydrogen-bond acceptors (Lipinski definition) is 4. The second-order valence-corrected chi connectivity index (χ2v) is 4.92. The summed E-state index contributed by atoms with van der Waals surface area (Å²) in [6, 6.07) is 1.86. The first-order valence-corrected chi connectivity index (χ1v) is 6.54. The first-order chi connectivity index (χ1) is 7.45. The molecule has 4 heteroatoms. The van der Waals surface area contributed by atoms with Crippen LogP contribution in [0.3, 0.4) is 0 Å². The van der Waals surface area contributed by atoms with Crippen LogP contribution in [0.1, 0.15) is 19.3 Å². The molecule has 1 saturated heterocycles. The van der Waals surface area contributed by atoms with Crippen LogP contribution in [-0.4, -0.2) is 28.8 Å². The van der Waals surface area contributed by atoms with Crippen molar-refractivity contribution in [1.29, 1.82) is 0 Å². The van der Waals surface area contributed by atoms with E-state index in [2.05, 4.69) is 15.3 Å². The van der Waals surface area contributed by atoms with Gasteiger partial charge in [-0.05, 0) is 44.3 Å².